The van der Waals surface area contributed by atoms with E-state index in [9.17, 15) is 14.9 Å². The highest BCUT2D eigenvalue weighted by atomic mass is 35.5. The molecule has 1 atom stereocenters. The van der Waals surface area contributed by atoms with Crippen LogP contribution in [-0.2, 0) is 0 Å². The lowest BCUT2D eigenvalue weighted by molar-refractivity contribution is -0.384. The molecule has 0 aliphatic carbocycles. The van der Waals surface area contributed by atoms with Crippen LogP contribution in [0, 0.1) is 21.4 Å². The van der Waals surface area contributed by atoms with Crippen molar-refractivity contribution in [2.75, 3.05) is 6.54 Å². The molecule has 0 spiro atoms. The lowest BCUT2D eigenvalue weighted by Crippen LogP contribution is -2.34. The number of hydrogen-bond acceptors (Lipinski definition) is 4. The fraction of sp³-hybridized carbons (Fsp3) is 0.333. The molecule has 1 amide bonds. The highest BCUT2D eigenvalue weighted by Crippen LogP contribution is 2.33. The summed E-state index contributed by atoms with van der Waals surface area (Å²) >= 11 is 11.8. The zero-order valence-electron chi connectivity index (χ0n) is 10.2. The number of carbonyl (C=O) groups excluding carboxylic acids is 1. The lowest BCUT2D eigenvalue weighted by Gasteiger charge is -2.20. The first-order valence-electron chi connectivity index (χ1n) is 5.79. The Morgan fingerprint density at radius 1 is 1.50 bits per heavy atom. The van der Waals surface area contributed by atoms with Crippen LogP contribution in [-0.4, -0.2) is 28.3 Å². The Labute approximate surface area is 124 Å². The average Bonchev–Trinajstić information content (AvgIpc) is 2.89. The summed E-state index contributed by atoms with van der Waals surface area (Å²) in [5, 5.41) is 19.7. The monoisotopic (exact) mass is 313 g/mol. The molecule has 1 saturated heterocycles. The molecule has 1 aromatic carbocycles. The molecule has 1 heterocycles. The van der Waals surface area contributed by atoms with Gasteiger partial charge in [-0.15, -0.1) is 0 Å². The number of amides is 1. The second kappa shape index (κ2) is 5.65. The van der Waals surface area contributed by atoms with E-state index in [4.69, 9.17) is 28.5 Å². The minimum Gasteiger partial charge on any atom is -0.323 e. The molecule has 0 bridgehead atoms. The van der Waals surface area contributed by atoms with E-state index < -0.39 is 16.9 Å². The van der Waals surface area contributed by atoms with E-state index in [0.29, 0.717) is 19.4 Å². The van der Waals surface area contributed by atoms with Crippen molar-refractivity contribution in [1.29, 1.82) is 5.26 Å². The molecular formula is C12H9Cl2N3O3. The molecule has 8 heteroatoms. The number of rotatable bonds is 2. The molecule has 0 aromatic heterocycles. The van der Waals surface area contributed by atoms with Crippen molar-refractivity contribution in [2.45, 2.75) is 18.9 Å². The number of nitriles is 1. The number of carbonyl (C=O) groups is 1. The van der Waals surface area contributed by atoms with Gasteiger partial charge in [0.05, 0.1) is 26.6 Å². The number of hydrogen-bond donors (Lipinski definition) is 0. The minimum atomic E-state index is -0.648. The molecule has 1 fully saturated rings. The van der Waals surface area contributed by atoms with Crippen molar-refractivity contribution in [3.8, 4) is 6.07 Å². The molecule has 0 N–H and O–H groups in total. The van der Waals surface area contributed by atoms with Crippen molar-refractivity contribution in [1.82, 2.24) is 4.90 Å². The minimum absolute atomic E-state index is 0.0362. The van der Waals surface area contributed by atoms with Gasteiger partial charge in [-0.3, -0.25) is 14.9 Å². The van der Waals surface area contributed by atoms with Crippen LogP contribution < -0.4 is 0 Å². The van der Waals surface area contributed by atoms with Gasteiger partial charge < -0.3 is 4.90 Å². The standard InChI is InChI=1S/C12H9Cl2N3O3/c13-10-5-8(17(19)20)4-9(11(10)14)12(18)16-3-1-2-7(16)6-15/h4-5,7H,1-3H2. The molecule has 1 unspecified atom stereocenters. The first-order valence-corrected chi connectivity index (χ1v) is 6.55. The van der Waals surface area contributed by atoms with E-state index in [1.807, 2.05) is 6.07 Å². The predicted octanol–water partition coefficient (Wildman–Crippen LogP) is 3.03. The van der Waals surface area contributed by atoms with Gasteiger partial charge in [-0.25, -0.2) is 0 Å². The Hall–Kier alpha value is -1.84. The van der Waals surface area contributed by atoms with E-state index >= 15 is 0 Å². The van der Waals surface area contributed by atoms with E-state index in [2.05, 4.69) is 0 Å². The van der Waals surface area contributed by atoms with Gasteiger partial charge in [0.25, 0.3) is 11.6 Å². The van der Waals surface area contributed by atoms with Crippen molar-refractivity contribution >= 4 is 34.8 Å². The van der Waals surface area contributed by atoms with E-state index in [0.717, 1.165) is 12.1 Å². The van der Waals surface area contributed by atoms with Gasteiger partial charge in [-0.2, -0.15) is 5.26 Å². The summed E-state index contributed by atoms with van der Waals surface area (Å²) in [5.74, 6) is -0.510. The average molecular weight is 314 g/mol. The summed E-state index contributed by atoms with van der Waals surface area (Å²) < 4.78 is 0. The second-order valence-corrected chi connectivity index (χ2v) is 5.12. The quantitative estimate of drug-likeness (QED) is 0.620. The van der Waals surface area contributed by atoms with Gasteiger partial charge in [0, 0.05) is 18.7 Å². The molecule has 0 radical (unpaired) electrons. The van der Waals surface area contributed by atoms with Crippen LogP contribution in [0.15, 0.2) is 12.1 Å². The zero-order valence-corrected chi connectivity index (χ0v) is 11.7. The first kappa shape index (κ1) is 14.6. The van der Waals surface area contributed by atoms with E-state index in [1.54, 1.807) is 0 Å². The Morgan fingerprint density at radius 2 is 2.20 bits per heavy atom. The van der Waals surface area contributed by atoms with Crippen molar-refractivity contribution in [3.05, 3.63) is 37.9 Å². The maximum absolute atomic E-state index is 12.4. The smallest absolute Gasteiger partial charge is 0.271 e. The van der Waals surface area contributed by atoms with Gasteiger partial charge >= 0.3 is 0 Å². The lowest BCUT2D eigenvalue weighted by atomic mass is 10.1. The molecule has 1 aliphatic heterocycles. The SMILES string of the molecule is N#CC1CCCN1C(=O)c1cc([N+](=O)[O-])cc(Cl)c1Cl. The van der Waals surface area contributed by atoms with Crippen LogP contribution in [0.5, 0.6) is 0 Å². The molecule has 20 heavy (non-hydrogen) atoms. The third kappa shape index (κ3) is 2.55. The van der Waals surface area contributed by atoms with Crippen LogP contribution in [0.3, 0.4) is 0 Å². The fourth-order valence-corrected chi connectivity index (χ4v) is 2.54. The first-order chi connectivity index (χ1) is 9.45. The number of likely N-dealkylation sites (tertiary alicyclic amines) is 1. The summed E-state index contributed by atoms with van der Waals surface area (Å²) in [6.45, 7) is 0.424. The van der Waals surface area contributed by atoms with Crippen LogP contribution in [0.1, 0.15) is 23.2 Å². The summed E-state index contributed by atoms with van der Waals surface area (Å²) in [5.41, 5.74) is -0.358. The van der Waals surface area contributed by atoms with Gasteiger partial charge in [-0.1, -0.05) is 23.2 Å². The van der Waals surface area contributed by atoms with Gasteiger partial charge in [0.1, 0.15) is 6.04 Å². The molecule has 2 rings (SSSR count). The molecule has 1 aromatic rings. The maximum atomic E-state index is 12.4. The Bertz CT molecular complexity index is 627. The Balaban J connectivity index is 2.44. The van der Waals surface area contributed by atoms with Crippen LogP contribution >= 0.6 is 23.2 Å². The maximum Gasteiger partial charge on any atom is 0.271 e. The zero-order chi connectivity index (χ0) is 14.9. The summed E-state index contributed by atoms with van der Waals surface area (Å²) in [6, 6.07) is 3.68. The summed E-state index contributed by atoms with van der Waals surface area (Å²) in [4.78, 5) is 23.9. The van der Waals surface area contributed by atoms with Crippen molar-refractivity contribution in [3.63, 3.8) is 0 Å². The second-order valence-electron chi connectivity index (χ2n) is 4.33. The highest BCUT2D eigenvalue weighted by molar-refractivity contribution is 6.44. The van der Waals surface area contributed by atoms with Gasteiger partial charge in [-0.05, 0) is 12.8 Å². The summed E-state index contributed by atoms with van der Waals surface area (Å²) in [6.07, 6.45) is 1.30. The van der Waals surface area contributed by atoms with E-state index in [-0.39, 0.29) is 21.3 Å². The molecular weight excluding hydrogens is 305 g/mol. The van der Waals surface area contributed by atoms with Crippen molar-refractivity contribution in [2.24, 2.45) is 0 Å². The fourth-order valence-electron chi connectivity index (χ4n) is 2.13. The Kier molecular flexibility index (Phi) is 4.12. The number of halogens is 2. The number of non-ortho nitro benzene ring substituents is 1. The Morgan fingerprint density at radius 3 is 2.80 bits per heavy atom. The number of benzene rings is 1. The third-order valence-electron chi connectivity index (χ3n) is 3.12. The third-order valence-corrected chi connectivity index (χ3v) is 3.92. The number of nitro groups is 1. The van der Waals surface area contributed by atoms with Gasteiger partial charge in [0.2, 0.25) is 0 Å². The molecule has 104 valence electrons. The molecule has 0 saturated carbocycles. The number of nitro benzene ring substituents is 1. The molecule has 6 nitrogen and oxygen atoms in total. The normalized spacial score (nSPS) is 17.9. The van der Waals surface area contributed by atoms with Gasteiger partial charge in [0.15, 0.2) is 0 Å². The topological polar surface area (TPSA) is 87.2 Å². The number of nitrogens with zero attached hydrogens (tertiary/aromatic N) is 3. The van der Waals surface area contributed by atoms with E-state index in [1.165, 1.54) is 4.90 Å². The highest BCUT2D eigenvalue weighted by Gasteiger charge is 2.31. The molecule has 1 aliphatic rings. The van der Waals surface area contributed by atoms with Crippen LogP contribution in [0.4, 0.5) is 5.69 Å². The predicted molar refractivity (Wildman–Crippen MR) is 72.8 cm³/mol. The van der Waals surface area contributed by atoms with Crippen molar-refractivity contribution < 1.29 is 9.72 Å². The van der Waals surface area contributed by atoms with Crippen LogP contribution in [0.25, 0.3) is 0 Å². The largest absolute Gasteiger partial charge is 0.323 e. The summed E-state index contributed by atoms with van der Waals surface area (Å²) in [7, 11) is 0. The van der Waals surface area contributed by atoms with Crippen LogP contribution in [0.2, 0.25) is 10.0 Å².